The van der Waals surface area contributed by atoms with E-state index < -0.39 is 0 Å². The van der Waals surface area contributed by atoms with Gasteiger partial charge in [0.25, 0.3) is 0 Å². The van der Waals surface area contributed by atoms with Crippen LogP contribution in [-0.4, -0.2) is 51.0 Å². The Balaban J connectivity index is 1.36. The minimum atomic E-state index is 0.197. The van der Waals surface area contributed by atoms with Crippen LogP contribution in [0.4, 0.5) is 0 Å². The second kappa shape index (κ2) is 9.79. The van der Waals surface area contributed by atoms with Gasteiger partial charge in [-0.05, 0) is 62.3 Å². The number of aromatic nitrogens is 3. The highest BCUT2D eigenvalue weighted by Gasteiger charge is 2.19. The summed E-state index contributed by atoms with van der Waals surface area (Å²) >= 11 is 0. The molecule has 2 aromatic carbocycles. The number of hydrogen-bond acceptors (Lipinski definition) is 5. The lowest BCUT2D eigenvalue weighted by Crippen LogP contribution is -2.24. The van der Waals surface area contributed by atoms with Crippen molar-refractivity contribution < 1.29 is 4.79 Å². The first-order chi connectivity index (χ1) is 15.2. The van der Waals surface area contributed by atoms with Crippen molar-refractivity contribution in [3.63, 3.8) is 0 Å². The predicted octanol–water partition coefficient (Wildman–Crippen LogP) is 4.31. The Morgan fingerprint density at radius 3 is 2.58 bits per heavy atom. The van der Waals surface area contributed by atoms with E-state index in [9.17, 15) is 4.79 Å². The van der Waals surface area contributed by atoms with Crippen molar-refractivity contribution in [3.8, 4) is 5.69 Å². The number of aliphatic imine (C=N–C) groups is 1. The van der Waals surface area contributed by atoms with Gasteiger partial charge in [-0.3, -0.25) is 9.79 Å². The molecule has 4 rings (SSSR count). The van der Waals surface area contributed by atoms with E-state index in [2.05, 4.69) is 46.2 Å². The number of hydrogen-bond donors (Lipinski definition) is 0. The molecule has 0 amide bonds. The Bertz CT molecular complexity index is 1060. The fraction of sp³-hybridized carbons (Fsp3) is 0.360. The lowest BCUT2D eigenvalue weighted by atomic mass is 10.0. The van der Waals surface area contributed by atoms with E-state index in [-0.39, 0.29) is 5.78 Å². The van der Waals surface area contributed by atoms with E-state index in [1.807, 2.05) is 42.6 Å². The minimum absolute atomic E-state index is 0.197. The van der Waals surface area contributed by atoms with Crippen molar-refractivity contribution in [1.82, 2.24) is 19.9 Å². The monoisotopic (exact) mass is 415 g/mol. The van der Waals surface area contributed by atoms with Crippen LogP contribution in [0.3, 0.4) is 0 Å². The normalized spacial score (nSPS) is 12.8. The molecular formula is C25H29N5O. The highest BCUT2D eigenvalue weighted by molar-refractivity contribution is 6.13. The van der Waals surface area contributed by atoms with Crippen LogP contribution >= 0.6 is 0 Å². The molecule has 1 aliphatic rings. The zero-order chi connectivity index (χ0) is 21.6. The maximum absolute atomic E-state index is 12.5. The van der Waals surface area contributed by atoms with Crippen molar-refractivity contribution in [2.75, 3.05) is 19.6 Å². The molecule has 160 valence electrons. The van der Waals surface area contributed by atoms with Crippen molar-refractivity contribution in [3.05, 3.63) is 77.1 Å². The molecule has 0 radical (unpaired) electrons. The lowest BCUT2D eigenvalue weighted by Gasteiger charge is -2.17. The van der Waals surface area contributed by atoms with E-state index in [0.29, 0.717) is 13.0 Å². The number of nitrogens with zero attached hydrogens (tertiary/aromatic N) is 5. The van der Waals surface area contributed by atoms with Crippen LogP contribution in [0.15, 0.2) is 59.7 Å². The maximum Gasteiger partial charge on any atom is 0.162 e. The summed E-state index contributed by atoms with van der Waals surface area (Å²) in [4.78, 5) is 19.5. The molecule has 0 unspecified atom stereocenters. The third kappa shape index (κ3) is 4.80. The van der Waals surface area contributed by atoms with E-state index in [1.54, 1.807) is 4.68 Å². The van der Waals surface area contributed by atoms with Crippen LogP contribution in [0, 0.1) is 0 Å². The number of benzene rings is 2. The molecule has 0 fully saturated rings. The SMILES string of the molecule is CCN(CC)CCCCC(=O)c1ccc(-n2cc(C3=NCc4ccccc43)nn2)cc1. The summed E-state index contributed by atoms with van der Waals surface area (Å²) in [5.41, 5.74) is 5.62. The maximum atomic E-state index is 12.5. The zero-order valence-corrected chi connectivity index (χ0v) is 18.3. The van der Waals surface area contributed by atoms with Gasteiger partial charge in [0.1, 0.15) is 5.69 Å². The molecule has 0 N–H and O–H groups in total. The number of rotatable bonds is 10. The van der Waals surface area contributed by atoms with Gasteiger partial charge in [-0.2, -0.15) is 0 Å². The quantitative estimate of drug-likeness (QED) is 0.366. The molecule has 6 nitrogen and oxygen atoms in total. The lowest BCUT2D eigenvalue weighted by molar-refractivity contribution is 0.0978. The summed E-state index contributed by atoms with van der Waals surface area (Å²) in [5, 5.41) is 8.59. The van der Waals surface area contributed by atoms with Gasteiger partial charge in [0.2, 0.25) is 0 Å². The van der Waals surface area contributed by atoms with Gasteiger partial charge < -0.3 is 4.90 Å². The van der Waals surface area contributed by atoms with Crippen LogP contribution in [-0.2, 0) is 6.54 Å². The van der Waals surface area contributed by atoms with Gasteiger partial charge in [-0.1, -0.05) is 43.3 Å². The Labute approximate surface area is 183 Å². The predicted molar refractivity (Wildman–Crippen MR) is 123 cm³/mol. The number of Topliss-reactive ketones (excluding diaryl/α,β-unsaturated/α-hetero) is 1. The molecule has 31 heavy (non-hydrogen) atoms. The highest BCUT2D eigenvalue weighted by atomic mass is 16.1. The summed E-state index contributed by atoms with van der Waals surface area (Å²) in [6.45, 7) is 8.22. The number of ketones is 1. The first-order valence-electron chi connectivity index (χ1n) is 11.1. The molecule has 6 heteroatoms. The largest absolute Gasteiger partial charge is 0.304 e. The van der Waals surface area contributed by atoms with Crippen molar-refractivity contribution >= 4 is 11.5 Å². The molecule has 1 aliphatic heterocycles. The minimum Gasteiger partial charge on any atom is -0.304 e. The third-order valence-electron chi connectivity index (χ3n) is 5.89. The van der Waals surface area contributed by atoms with E-state index >= 15 is 0 Å². The molecule has 3 aromatic rings. The Kier molecular flexibility index (Phi) is 6.67. The summed E-state index contributed by atoms with van der Waals surface area (Å²) in [7, 11) is 0. The second-order valence-corrected chi connectivity index (χ2v) is 7.82. The molecule has 2 heterocycles. The van der Waals surface area contributed by atoms with Crippen LogP contribution in [0.5, 0.6) is 0 Å². The van der Waals surface area contributed by atoms with Crippen molar-refractivity contribution in [1.29, 1.82) is 0 Å². The van der Waals surface area contributed by atoms with Crippen LogP contribution in [0.25, 0.3) is 5.69 Å². The second-order valence-electron chi connectivity index (χ2n) is 7.82. The van der Waals surface area contributed by atoms with Crippen LogP contribution in [0.1, 0.15) is 60.3 Å². The van der Waals surface area contributed by atoms with Crippen LogP contribution in [0.2, 0.25) is 0 Å². The van der Waals surface area contributed by atoms with Crippen LogP contribution < -0.4 is 0 Å². The average Bonchev–Trinajstić information content (AvgIpc) is 3.46. The Morgan fingerprint density at radius 2 is 1.81 bits per heavy atom. The fourth-order valence-electron chi connectivity index (χ4n) is 3.96. The summed E-state index contributed by atoms with van der Waals surface area (Å²) in [5.74, 6) is 0.197. The molecule has 1 aromatic heterocycles. The number of fused-ring (bicyclic) bond motifs is 1. The Morgan fingerprint density at radius 1 is 1.03 bits per heavy atom. The van der Waals surface area contributed by atoms with Crippen molar-refractivity contribution in [2.24, 2.45) is 4.99 Å². The summed E-state index contributed by atoms with van der Waals surface area (Å²) in [6, 6.07) is 15.8. The third-order valence-corrected chi connectivity index (χ3v) is 5.89. The number of carbonyl (C=O) groups is 1. The van der Waals surface area contributed by atoms with Gasteiger partial charge in [0.05, 0.1) is 24.1 Å². The molecule has 0 spiro atoms. The first-order valence-corrected chi connectivity index (χ1v) is 11.1. The van der Waals surface area contributed by atoms with E-state index in [0.717, 1.165) is 60.7 Å². The van der Waals surface area contributed by atoms with Gasteiger partial charge in [0, 0.05) is 17.5 Å². The molecule has 0 atom stereocenters. The van der Waals surface area contributed by atoms with E-state index in [4.69, 9.17) is 0 Å². The molecule has 0 saturated heterocycles. The first kappa shape index (κ1) is 21.1. The number of carbonyl (C=O) groups excluding carboxylic acids is 1. The van der Waals surface area contributed by atoms with E-state index in [1.165, 1.54) is 5.56 Å². The van der Waals surface area contributed by atoms with Gasteiger partial charge >= 0.3 is 0 Å². The summed E-state index contributed by atoms with van der Waals surface area (Å²) < 4.78 is 1.73. The topological polar surface area (TPSA) is 63.4 Å². The number of unbranched alkanes of at least 4 members (excludes halogenated alkanes) is 1. The van der Waals surface area contributed by atoms with Gasteiger partial charge in [0.15, 0.2) is 5.78 Å². The molecule has 0 saturated carbocycles. The van der Waals surface area contributed by atoms with Crippen molar-refractivity contribution in [2.45, 2.75) is 39.7 Å². The standard InChI is InChI=1S/C25H29N5O/c1-3-29(4-2)16-8-7-11-24(31)19-12-14-21(15-13-19)30-18-23(27-28-30)25-22-10-6-5-9-20(22)17-26-25/h5-6,9-10,12-15,18H,3-4,7-8,11,16-17H2,1-2H3. The fourth-order valence-corrected chi connectivity index (χ4v) is 3.96. The van der Waals surface area contributed by atoms with Gasteiger partial charge in [-0.25, -0.2) is 4.68 Å². The van der Waals surface area contributed by atoms with Gasteiger partial charge in [-0.15, -0.1) is 5.10 Å². The highest BCUT2D eigenvalue weighted by Crippen LogP contribution is 2.22. The smallest absolute Gasteiger partial charge is 0.162 e. The molecule has 0 aliphatic carbocycles. The Hall–Kier alpha value is -3.12. The summed E-state index contributed by atoms with van der Waals surface area (Å²) in [6.07, 6.45) is 4.46. The molecule has 0 bridgehead atoms. The average molecular weight is 416 g/mol. The zero-order valence-electron chi connectivity index (χ0n) is 18.3. The molecular weight excluding hydrogens is 386 g/mol.